The maximum atomic E-state index is 12.4. The van der Waals surface area contributed by atoms with E-state index in [-0.39, 0.29) is 23.9 Å². The lowest BCUT2D eigenvalue weighted by Gasteiger charge is -2.39. The van der Waals surface area contributed by atoms with Crippen LogP contribution in [0.1, 0.15) is 39.5 Å². The van der Waals surface area contributed by atoms with E-state index in [9.17, 15) is 9.59 Å². The highest BCUT2D eigenvalue weighted by Gasteiger charge is 2.37. The van der Waals surface area contributed by atoms with E-state index < -0.39 is 0 Å². The fraction of sp³-hybridized carbons (Fsp3) is 0.846. The van der Waals surface area contributed by atoms with Gasteiger partial charge in [-0.3, -0.25) is 9.59 Å². The lowest BCUT2D eigenvalue weighted by Crippen LogP contribution is -2.60. The minimum atomic E-state index is -0.247. The van der Waals surface area contributed by atoms with Crippen molar-refractivity contribution in [2.75, 3.05) is 13.1 Å². The third-order valence-corrected chi connectivity index (χ3v) is 3.64. The molecule has 102 valence electrons. The van der Waals surface area contributed by atoms with E-state index >= 15 is 0 Å². The number of likely N-dealkylation sites (tertiary alicyclic amines) is 1. The predicted molar refractivity (Wildman–Crippen MR) is 69.0 cm³/mol. The van der Waals surface area contributed by atoms with Gasteiger partial charge in [-0.05, 0) is 25.7 Å². The van der Waals surface area contributed by atoms with E-state index in [2.05, 4.69) is 10.6 Å². The van der Waals surface area contributed by atoms with Crippen LogP contribution in [0, 0.1) is 0 Å². The Bertz CT molecular complexity index is 330. The molecule has 0 spiro atoms. The third kappa shape index (κ3) is 2.83. The molecule has 0 bridgehead atoms. The van der Waals surface area contributed by atoms with Gasteiger partial charge in [-0.1, -0.05) is 13.8 Å². The van der Waals surface area contributed by atoms with Crippen LogP contribution in [-0.4, -0.2) is 47.9 Å². The van der Waals surface area contributed by atoms with E-state index in [1.54, 1.807) is 4.90 Å². The molecule has 2 amide bonds. The minimum absolute atomic E-state index is 0.0137. The van der Waals surface area contributed by atoms with E-state index in [4.69, 9.17) is 0 Å². The Morgan fingerprint density at radius 3 is 2.72 bits per heavy atom. The second kappa shape index (κ2) is 5.69. The Kier molecular flexibility index (Phi) is 4.22. The Labute approximate surface area is 108 Å². The molecule has 2 N–H and O–H groups in total. The molecule has 0 saturated carbocycles. The van der Waals surface area contributed by atoms with Crippen LogP contribution in [0.5, 0.6) is 0 Å². The van der Waals surface area contributed by atoms with Crippen LogP contribution in [-0.2, 0) is 9.59 Å². The number of carbonyl (C=O) groups is 2. The molecule has 2 aliphatic heterocycles. The summed E-state index contributed by atoms with van der Waals surface area (Å²) in [6.45, 7) is 5.54. The van der Waals surface area contributed by atoms with Crippen LogP contribution in [0.25, 0.3) is 0 Å². The average molecular weight is 253 g/mol. The normalized spacial score (nSPS) is 29.6. The fourth-order valence-corrected chi connectivity index (χ4v) is 2.82. The number of nitrogens with one attached hydrogen (secondary N) is 2. The average Bonchev–Trinajstić information content (AvgIpc) is 2.32. The molecule has 0 aromatic heterocycles. The zero-order valence-electron chi connectivity index (χ0n) is 11.2. The molecule has 5 heteroatoms. The molecule has 2 aliphatic rings. The quantitative estimate of drug-likeness (QED) is 0.758. The van der Waals surface area contributed by atoms with E-state index in [0.29, 0.717) is 12.6 Å². The molecule has 2 atom stereocenters. The largest absolute Gasteiger partial charge is 0.354 e. The first kappa shape index (κ1) is 13.3. The molecule has 2 heterocycles. The van der Waals surface area contributed by atoms with Crippen LogP contribution >= 0.6 is 0 Å². The SMILES string of the molecule is CC(C)NC1CCCN(C2CCCNC2=O)C1=O. The van der Waals surface area contributed by atoms with Gasteiger partial charge in [-0.2, -0.15) is 0 Å². The molecule has 18 heavy (non-hydrogen) atoms. The van der Waals surface area contributed by atoms with Crippen molar-refractivity contribution in [1.82, 2.24) is 15.5 Å². The van der Waals surface area contributed by atoms with Crippen molar-refractivity contribution in [1.29, 1.82) is 0 Å². The summed E-state index contributed by atoms with van der Waals surface area (Å²) in [7, 11) is 0. The summed E-state index contributed by atoms with van der Waals surface area (Å²) in [6.07, 6.45) is 3.61. The Morgan fingerprint density at radius 1 is 1.28 bits per heavy atom. The van der Waals surface area contributed by atoms with Gasteiger partial charge in [0.2, 0.25) is 11.8 Å². The van der Waals surface area contributed by atoms with Gasteiger partial charge in [-0.15, -0.1) is 0 Å². The van der Waals surface area contributed by atoms with Gasteiger partial charge in [0.25, 0.3) is 0 Å². The molecule has 2 unspecified atom stereocenters. The van der Waals surface area contributed by atoms with Crippen molar-refractivity contribution >= 4 is 11.8 Å². The van der Waals surface area contributed by atoms with Gasteiger partial charge in [0.05, 0.1) is 6.04 Å². The first-order chi connectivity index (χ1) is 8.59. The highest BCUT2D eigenvalue weighted by molar-refractivity contribution is 5.90. The van der Waals surface area contributed by atoms with Crippen molar-refractivity contribution in [2.24, 2.45) is 0 Å². The van der Waals surface area contributed by atoms with Gasteiger partial charge in [-0.25, -0.2) is 0 Å². The molecule has 0 aromatic carbocycles. The Morgan fingerprint density at radius 2 is 2.06 bits per heavy atom. The molecular weight excluding hydrogens is 230 g/mol. The van der Waals surface area contributed by atoms with Crippen molar-refractivity contribution in [3.8, 4) is 0 Å². The van der Waals surface area contributed by atoms with Gasteiger partial charge in [0.1, 0.15) is 6.04 Å². The standard InChI is InChI=1S/C13H23N3O2/c1-9(2)15-10-5-4-8-16(13(10)18)11-6-3-7-14-12(11)17/h9-11,15H,3-8H2,1-2H3,(H,14,17). The zero-order valence-corrected chi connectivity index (χ0v) is 11.2. The summed E-state index contributed by atoms with van der Waals surface area (Å²) in [5.74, 6) is 0.108. The van der Waals surface area contributed by atoms with Gasteiger partial charge in [0.15, 0.2) is 0 Å². The molecule has 5 nitrogen and oxygen atoms in total. The number of amides is 2. The maximum absolute atomic E-state index is 12.4. The summed E-state index contributed by atoms with van der Waals surface area (Å²) in [6, 6.07) is -0.0735. The van der Waals surface area contributed by atoms with Crippen molar-refractivity contribution < 1.29 is 9.59 Å². The smallest absolute Gasteiger partial charge is 0.242 e. The molecule has 0 aromatic rings. The van der Waals surface area contributed by atoms with Gasteiger partial charge in [0, 0.05) is 19.1 Å². The molecule has 2 fully saturated rings. The van der Waals surface area contributed by atoms with E-state index in [1.165, 1.54) is 0 Å². The number of nitrogens with zero attached hydrogens (tertiary/aromatic N) is 1. The van der Waals surface area contributed by atoms with E-state index in [0.717, 1.165) is 32.2 Å². The Hall–Kier alpha value is -1.10. The highest BCUT2D eigenvalue weighted by atomic mass is 16.2. The lowest BCUT2D eigenvalue weighted by molar-refractivity contribution is -0.145. The lowest BCUT2D eigenvalue weighted by atomic mass is 9.98. The number of hydrogen-bond donors (Lipinski definition) is 2. The van der Waals surface area contributed by atoms with Crippen LogP contribution in [0.3, 0.4) is 0 Å². The fourth-order valence-electron chi connectivity index (χ4n) is 2.82. The maximum Gasteiger partial charge on any atom is 0.242 e. The monoisotopic (exact) mass is 253 g/mol. The van der Waals surface area contributed by atoms with Gasteiger partial charge >= 0.3 is 0 Å². The minimum Gasteiger partial charge on any atom is -0.354 e. The molecular formula is C13H23N3O2. The van der Waals surface area contributed by atoms with Crippen LogP contribution < -0.4 is 10.6 Å². The zero-order chi connectivity index (χ0) is 13.1. The summed E-state index contributed by atoms with van der Waals surface area (Å²) >= 11 is 0. The van der Waals surface area contributed by atoms with Crippen molar-refractivity contribution in [3.63, 3.8) is 0 Å². The van der Waals surface area contributed by atoms with Crippen LogP contribution in [0.4, 0.5) is 0 Å². The first-order valence-electron chi connectivity index (χ1n) is 6.94. The second-order valence-corrected chi connectivity index (χ2v) is 5.50. The highest BCUT2D eigenvalue weighted by Crippen LogP contribution is 2.19. The molecule has 0 aliphatic carbocycles. The Balaban J connectivity index is 2.03. The number of carbonyl (C=O) groups excluding carboxylic acids is 2. The van der Waals surface area contributed by atoms with Crippen LogP contribution in [0.2, 0.25) is 0 Å². The molecule has 2 rings (SSSR count). The molecule has 0 radical (unpaired) electrons. The number of hydrogen-bond acceptors (Lipinski definition) is 3. The predicted octanol–water partition coefficient (Wildman–Crippen LogP) is 0.254. The number of piperidine rings is 2. The summed E-state index contributed by atoms with van der Waals surface area (Å²) < 4.78 is 0. The third-order valence-electron chi connectivity index (χ3n) is 3.64. The summed E-state index contributed by atoms with van der Waals surface area (Å²) in [5.41, 5.74) is 0. The van der Waals surface area contributed by atoms with Crippen molar-refractivity contribution in [2.45, 2.75) is 57.7 Å². The van der Waals surface area contributed by atoms with Gasteiger partial charge < -0.3 is 15.5 Å². The summed E-state index contributed by atoms with van der Waals surface area (Å²) in [5, 5.41) is 6.14. The van der Waals surface area contributed by atoms with E-state index in [1.807, 2.05) is 13.8 Å². The van der Waals surface area contributed by atoms with Crippen LogP contribution in [0.15, 0.2) is 0 Å². The second-order valence-electron chi connectivity index (χ2n) is 5.50. The molecule has 2 saturated heterocycles. The first-order valence-corrected chi connectivity index (χ1v) is 6.94. The topological polar surface area (TPSA) is 61.4 Å². The number of rotatable bonds is 3. The summed E-state index contributed by atoms with van der Waals surface area (Å²) in [4.78, 5) is 26.0. The van der Waals surface area contributed by atoms with Crippen molar-refractivity contribution in [3.05, 3.63) is 0 Å².